The predicted molar refractivity (Wildman–Crippen MR) is 161 cm³/mol. The van der Waals surface area contributed by atoms with Gasteiger partial charge in [-0.3, -0.25) is 19.2 Å². The van der Waals surface area contributed by atoms with E-state index in [4.69, 9.17) is 11.5 Å². The van der Waals surface area contributed by atoms with Gasteiger partial charge in [-0.2, -0.15) is 0 Å². The first-order chi connectivity index (χ1) is 20.4. The lowest BCUT2D eigenvalue weighted by molar-refractivity contribution is -0.142. The molecule has 9 N–H and O–H groups in total. The second-order valence-corrected chi connectivity index (χ2v) is 11.0. The summed E-state index contributed by atoms with van der Waals surface area (Å²) in [4.78, 5) is 66.5. The van der Waals surface area contributed by atoms with Crippen molar-refractivity contribution in [3.8, 4) is 0 Å². The highest BCUT2D eigenvalue weighted by atomic mass is 16.4. The van der Waals surface area contributed by atoms with Gasteiger partial charge in [0.15, 0.2) is 0 Å². The number of para-hydroxylation sites is 1. The number of fused-ring (bicyclic) bond motifs is 1. The first-order valence-corrected chi connectivity index (χ1v) is 14.2. The van der Waals surface area contributed by atoms with E-state index in [1.165, 1.54) is 0 Å². The van der Waals surface area contributed by atoms with Crippen LogP contribution in [0.25, 0.3) is 10.9 Å². The molecule has 0 aliphatic heterocycles. The van der Waals surface area contributed by atoms with E-state index in [1.807, 2.05) is 38.1 Å². The molecule has 0 aliphatic carbocycles. The molecule has 0 saturated heterocycles. The lowest BCUT2D eigenvalue weighted by Crippen LogP contribution is -2.58. The number of hydrogen-bond donors (Lipinski definition) is 7. The second-order valence-electron chi connectivity index (χ2n) is 11.0. The summed E-state index contributed by atoms with van der Waals surface area (Å²) in [5.74, 6) is -3.81. The molecule has 0 spiro atoms. The predicted octanol–water partition coefficient (Wildman–Crippen LogP) is 1.13. The van der Waals surface area contributed by atoms with E-state index in [-0.39, 0.29) is 31.6 Å². The molecule has 4 unspecified atom stereocenters. The van der Waals surface area contributed by atoms with Crippen LogP contribution in [-0.2, 0) is 36.8 Å². The van der Waals surface area contributed by atoms with Gasteiger partial charge in [-0.1, -0.05) is 62.4 Å². The monoisotopic (exact) mass is 592 g/mol. The first-order valence-electron chi connectivity index (χ1n) is 14.2. The van der Waals surface area contributed by atoms with Crippen LogP contribution in [0.5, 0.6) is 0 Å². The number of H-pyrrole nitrogens is 1. The van der Waals surface area contributed by atoms with Gasteiger partial charge in [0.25, 0.3) is 0 Å². The number of carbonyl (C=O) groups excluding carboxylic acids is 4. The van der Waals surface area contributed by atoms with E-state index in [0.29, 0.717) is 17.5 Å². The highest BCUT2D eigenvalue weighted by Gasteiger charge is 2.31. The van der Waals surface area contributed by atoms with Crippen LogP contribution in [0, 0.1) is 5.92 Å². The summed E-state index contributed by atoms with van der Waals surface area (Å²) >= 11 is 0. The fourth-order valence-corrected chi connectivity index (χ4v) is 4.77. The number of aromatic amines is 1. The van der Waals surface area contributed by atoms with Crippen LogP contribution >= 0.6 is 0 Å². The van der Waals surface area contributed by atoms with E-state index in [1.54, 1.807) is 36.5 Å². The molecule has 3 aromatic rings. The standard InChI is InChI=1S/C31H40N6O6/c1-18(2)14-22(32)28(39)35-24(12-13-27(33)38)29(40)36-25(15-19-8-4-3-5-9-19)30(41)37-26(31(42)43)16-20-17-34-23-11-7-6-10-21(20)23/h3-11,17-18,22,24-26,34H,12-16,32H2,1-2H3,(H2,33,38)(H,35,39)(H,36,40)(H,37,41)(H,42,43). The van der Waals surface area contributed by atoms with Crippen molar-refractivity contribution in [3.63, 3.8) is 0 Å². The van der Waals surface area contributed by atoms with Crippen molar-refractivity contribution >= 4 is 40.5 Å². The van der Waals surface area contributed by atoms with Gasteiger partial charge in [0, 0.05) is 36.4 Å². The van der Waals surface area contributed by atoms with E-state index < -0.39 is 53.8 Å². The van der Waals surface area contributed by atoms with Crippen LogP contribution in [0.15, 0.2) is 60.8 Å². The molecule has 1 aromatic heterocycles. The summed E-state index contributed by atoms with van der Waals surface area (Å²) in [6.45, 7) is 3.81. The van der Waals surface area contributed by atoms with Gasteiger partial charge < -0.3 is 37.5 Å². The molecular weight excluding hydrogens is 552 g/mol. The Kier molecular flexibility index (Phi) is 11.8. The Morgan fingerprint density at radius 1 is 0.814 bits per heavy atom. The van der Waals surface area contributed by atoms with Gasteiger partial charge in [-0.15, -0.1) is 0 Å². The lowest BCUT2D eigenvalue weighted by Gasteiger charge is -2.25. The number of carboxylic acids is 1. The number of hydrogen-bond acceptors (Lipinski definition) is 6. The van der Waals surface area contributed by atoms with Crippen molar-refractivity contribution in [1.29, 1.82) is 0 Å². The smallest absolute Gasteiger partial charge is 0.326 e. The van der Waals surface area contributed by atoms with E-state index in [9.17, 15) is 29.1 Å². The molecule has 3 rings (SSSR count). The van der Waals surface area contributed by atoms with Crippen molar-refractivity contribution in [2.24, 2.45) is 17.4 Å². The molecule has 0 aliphatic rings. The summed E-state index contributed by atoms with van der Waals surface area (Å²) in [6, 6.07) is 11.7. The van der Waals surface area contributed by atoms with E-state index in [2.05, 4.69) is 20.9 Å². The van der Waals surface area contributed by atoms with Crippen molar-refractivity contribution in [2.45, 2.75) is 70.1 Å². The fraction of sp³-hybridized carbons (Fsp3) is 0.387. The SMILES string of the molecule is CC(C)CC(N)C(=O)NC(CCC(N)=O)C(=O)NC(Cc1ccccc1)C(=O)NC(Cc1c[nH]c2ccccc12)C(=O)O. The third-order valence-electron chi connectivity index (χ3n) is 7.00. The topological polar surface area (TPSA) is 209 Å². The molecule has 0 fully saturated rings. The number of carbonyl (C=O) groups is 5. The van der Waals surface area contributed by atoms with Crippen molar-refractivity contribution in [3.05, 3.63) is 71.9 Å². The van der Waals surface area contributed by atoms with Gasteiger partial charge in [0.05, 0.1) is 6.04 Å². The third kappa shape index (κ3) is 9.96. The highest BCUT2D eigenvalue weighted by Crippen LogP contribution is 2.19. The Balaban J connectivity index is 1.81. The van der Waals surface area contributed by atoms with E-state index in [0.717, 1.165) is 10.9 Å². The summed E-state index contributed by atoms with van der Waals surface area (Å²) in [5.41, 5.74) is 13.5. The largest absolute Gasteiger partial charge is 0.480 e. The number of carboxylic acid groups (broad SMARTS) is 1. The number of aromatic nitrogens is 1. The number of amides is 4. The highest BCUT2D eigenvalue weighted by molar-refractivity contribution is 5.94. The zero-order chi connectivity index (χ0) is 31.5. The van der Waals surface area contributed by atoms with Gasteiger partial charge in [0.1, 0.15) is 18.1 Å². The molecular formula is C31H40N6O6. The number of nitrogens with two attached hydrogens (primary N) is 2. The molecule has 12 heteroatoms. The third-order valence-corrected chi connectivity index (χ3v) is 7.00. The molecule has 4 atom stereocenters. The molecule has 0 bridgehead atoms. The van der Waals surface area contributed by atoms with Crippen LogP contribution in [0.1, 0.15) is 44.2 Å². The zero-order valence-corrected chi connectivity index (χ0v) is 24.3. The lowest BCUT2D eigenvalue weighted by atomic mass is 10.0. The fourth-order valence-electron chi connectivity index (χ4n) is 4.77. The maximum Gasteiger partial charge on any atom is 0.326 e. The first kappa shape index (κ1) is 32.8. The summed E-state index contributed by atoms with van der Waals surface area (Å²) in [5, 5.41) is 18.6. The number of nitrogens with one attached hydrogen (secondary N) is 4. The summed E-state index contributed by atoms with van der Waals surface area (Å²) in [7, 11) is 0. The van der Waals surface area contributed by atoms with Gasteiger partial charge in [-0.05, 0) is 36.0 Å². The number of rotatable bonds is 16. The minimum absolute atomic E-state index is 0.00211. The molecule has 1 heterocycles. The van der Waals surface area contributed by atoms with Crippen LogP contribution in [0.2, 0.25) is 0 Å². The van der Waals surface area contributed by atoms with Crippen LogP contribution < -0.4 is 27.4 Å². The summed E-state index contributed by atoms with van der Waals surface area (Å²) < 4.78 is 0. The second kappa shape index (κ2) is 15.5. The summed E-state index contributed by atoms with van der Waals surface area (Å²) in [6.07, 6.45) is 1.82. The Hall–Kier alpha value is -4.71. The average molecular weight is 593 g/mol. The normalized spacial score (nSPS) is 14.0. The molecule has 43 heavy (non-hydrogen) atoms. The quantitative estimate of drug-likeness (QED) is 0.129. The number of aliphatic carboxylic acids is 1. The maximum absolute atomic E-state index is 13.6. The number of benzene rings is 2. The average Bonchev–Trinajstić information content (AvgIpc) is 3.37. The van der Waals surface area contributed by atoms with Gasteiger partial charge in [0.2, 0.25) is 23.6 Å². The molecule has 0 radical (unpaired) electrons. The van der Waals surface area contributed by atoms with E-state index >= 15 is 0 Å². The van der Waals surface area contributed by atoms with Crippen LogP contribution in [0.4, 0.5) is 0 Å². The molecule has 0 saturated carbocycles. The Morgan fingerprint density at radius 3 is 2.07 bits per heavy atom. The molecule has 12 nitrogen and oxygen atoms in total. The molecule has 230 valence electrons. The minimum atomic E-state index is -1.29. The van der Waals surface area contributed by atoms with Crippen LogP contribution in [0.3, 0.4) is 0 Å². The maximum atomic E-state index is 13.6. The van der Waals surface area contributed by atoms with Crippen molar-refractivity contribution in [1.82, 2.24) is 20.9 Å². The molecule has 4 amide bonds. The Morgan fingerprint density at radius 2 is 1.42 bits per heavy atom. The van der Waals surface area contributed by atoms with Crippen molar-refractivity contribution < 1.29 is 29.1 Å². The van der Waals surface area contributed by atoms with Gasteiger partial charge >= 0.3 is 5.97 Å². The van der Waals surface area contributed by atoms with Crippen molar-refractivity contribution in [2.75, 3.05) is 0 Å². The van der Waals surface area contributed by atoms with Crippen LogP contribution in [-0.4, -0.2) is 63.9 Å². The Bertz CT molecular complexity index is 1420. The number of primary amides is 1. The van der Waals surface area contributed by atoms with Gasteiger partial charge in [-0.25, -0.2) is 4.79 Å². The zero-order valence-electron chi connectivity index (χ0n) is 24.3. The Labute approximate surface area is 250 Å². The molecule has 2 aromatic carbocycles. The minimum Gasteiger partial charge on any atom is -0.480 e.